The number of aryl methyl sites for hydroxylation is 1. The molecule has 1 fully saturated rings. The molecule has 1 N–H and O–H groups in total. The Morgan fingerprint density at radius 2 is 2.00 bits per heavy atom. The minimum atomic E-state index is -0.800. The SMILES string of the molecule is Cc1cccc(C(=O)N2CCS(=O)CC2)c1O. The summed E-state index contributed by atoms with van der Waals surface area (Å²) in [6, 6.07) is 5.14. The van der Waals surface area contributed by atoms with Crippen LogP contribution in [0.25, 0.3) is 0 Å². The largest absolute Gasteiger partial charge is 0.507 e. The zero-order valence-electron chi connectivity index (χ0n) is 9.68. The predicted octanol–water partition coefficient (Wildman–Crippen LogP) is 0.905. The maximum Gasteiger partial charge on any atom is 0.257 e. The van der Waals surface area contributed by atoms with E-state index < -0.39 is 10.8 Å². The molecule has 92 valence electrons. The Morgan fingerprint density at radius 3 is 2.65 bits per heavy atom. The monoisotopic (exact) mass is 253 g/mol. The van der Waals surface area contributed by atoms with E-state index in [1.54, 1.807) is 30.0 Å². The zero-order valence-corrected chi connectivity index (χ0v) is 10.5. The summed E-state index contributed by atoms with van der Waals surface area (Å²) in [5.41, 5.74) is 1.02. The lowest BCUT2D eigenvalue weighted by atomic mass is 10.1. The number of phenols is 1. The van der Waals surface area contributed by atoms with Crippen LogP contribution in [0.1, 0.15) is 15.9 Å². The van der Waals surface area contributed by atoms with Gasteiger partial charge in [0.2, 0.25) is 0 Å². The molecule has 1 amide bonds. The van der Waals surface area contributed by atoms with Crippen molar-refractivity contribution in [3.05, 3.63) is 29.3 Å². The molecule has 1 aliphatic rings. The van der Waals surface area contributed by atoms with Gasteiger partial charge in [-0.25, -0.2) is 0 Å². The first-order valence-electron chi connectivity index (χ1n) is 5.52. The topological polar surface area (TPSA) is 57.6 Å². The number of carbonyl (C=O) groups is 1. The van der Waals surface area contributed by atoms with Gasteiger partial charge in [0.1, 0.15) is 5.75 Å². The molecular weight excluding hydrogens is 238 g/mol. The highest BCUT2D eigenvalue weighted by molar-refractivity contribution is 7.85. The van der Waals surface area contributed by atoms with Crippen molar-refractivity contribution in [1.29, 1.82) is 0 Å². The van der Waals surface area contributed by atoms with Crippen molar-refractivity contribution in [1.82, 2.24) is 4.90 Å². The number of aromatic hydroxyl groups is 1. The van der Waals surface area contributed by atoms with Gasteiger partial charge in [0.15, 0.2) is 0 Å². The first kappa shape index (κ1) is 12.1. The van der Waals surface area contributed by atoms with Crippen molar-refractivity contribution in [3.8, 4) is 5.75 Å². The smallest absolute Gasteiger partial charge is 0.257 e. The maximum atomic E-state index is 12.1. The quantitative estimate of drug-likeness (QED) is 0.809. The Bertz CT molecular complexity index is 463. The number of hydrogen-bond donors (Lipinski definition) is 1. The van der Waals surface area contributed by atoms with Crippen LogP contribution in [0, 0.1) is 6.92 Å². The minimum absolute atomic E-state index is 0.0456. The molecule has 0 saturated carbocycles. The summed E-state index contributed by atoms with van der Waals surface area (Å²) in [7, 11) is -0.800. The molecule has 5 heteroatoms. The van der Waals surface area contributed by atoms with Crippen LogP contribution < -0.4 is 0 Å². The van der Waals surface area contributed by atoms with Crippen LogP contribution in [0.5, 0.6) is 5.75 Å². The highest BCUT2D eigenvalue weighted by atomic mass is 32.2. The zero-order chi connectivity index (χ0) is 12.4. The lowest BCUT2D eigenvalue weighted by Gasteiger charge is -2.26. The Labute approximate surface area is 103 Å². The molecule has 0 aliphatic carbocycles. The van der Waals surface area contributed by atoms with Crippen LogP contribution in [0.15, 0.2) is 18.2 Å². The summed E-state index contributed by atoms with van der Waals surface area (Å²) in [5, 5.41) is 9.84. The minimum Gasteiger partial charge on any atom is -0.507 e. The molecule has 1 saturated heterocycles. The lowest BCUT2D eigenvalue weighted by Crippen LogP contribution is -2.41. The van der Waals surface area contributed by atoms with Gasteiger partial charge in [-0.05, 0) is 18.6 Å². The maximum absolute atomic E-state index is 12.1. The van der Waals surface area contributed by atoms with E-state index in [9.17, 15) is 14.1 Å². The molecule has 4 nitrogen and oxygen atoms in total. The van der Waals surface area contributed by atoms with Crippen molar-refractivity contribution in [2.45, 2.75) is 6.92 Å². The summed E-state index contributed by atoms with van der Waals surface area (Å²) in [5.74, 6) is 0.920. The number of carbonyl (C=O) groups excluding carboxylic acids is 1. The van der Waals surface area contributed by atoms with Gasteiger partial charge < -0.3 is 10.0 Å². The molecular formula is C12H15NO3S. The van der Waals surface area contributed by atoms with E-state index in [-0.39, 0.29) is 11.7 Å². The van der Waals surface area contributed by atoms with Crippen molar-refractivity contribution in [3.63, 3.8) is 0 Å². The molecule has 1 aliphatic heterocycles. The van der Waals surface area contributed by atoms with E-state index in [0.717, 1.165) is 0 Å². The summed E-state index contributed by atoms with van der Waals surface area (Å²) < 4.78 is 11.2. The van der Waals surface area contributed by atoms with E-state index in [1.165, 1.54) is 0 Å². The van der Waals surface area contributed by atoms with Crippen molar-refractivity contribution < 1.29 is 14.1 Å². The summed E-state index contributed by atoms with van der Waals surface area (Å²) in [6.07, 6.45) is 0. The van der Waals surface area contributed by atoms with E-state index in [1.807, 2.05) is 0 Å². The van der Waals surface area contributed by atoms with Gasteiger partial charge >= 0.3 is 0 Å². The van der Waals surface area contributed by atoms with Gasteiger partial charge in [0, 0.05) is 35.4 Å². The first-order valence-corrected chi connectivity index (χ1v) is 7.01. The van der Waals surface area contributed by atoms with E-state index in [4.69, 9.17) is 0 Å². The number of nitrogens with zero attached hydrogens (tertiary/aromatic N) is 1. The highest BCUT2D eigenvalue weighted by Gasteiger charge is 2.23. The fourth-order valence-corrected chi connectivity index (χ4v) is 2.90. The first-order chi connectivity index (χ1) is 8.09. The van der Waals surface area contributed by atoms with Crippen LogP contribution in [-0.2, 0) is 10.8 Å². The van der Waals surface area contributed by atoms with Crippen LogP contribution in [-0.4, -0.2) is 44.7 Å². The lowest BCUT2D eigenvalue weighted by molar-refractivity contribution is 0.0768. The van der Waals surface area contributed by atoms with Gasteiger partial charge in [-0.3, -0.25) is 9.00 Å². The predicted molar refractivity (Wildman–Crippen MR) is 66.6 cm³/mol. The molecule has 1 aromatic rings. The third-order valence-electron chi connectivity index (χ3n) is 2.93. The average Bonchev–Trinajstić information content (AvgIpc) is 2.33. The Balaban J connectivity index is 2.20. The number of benzene rings is 1. The molecule has 17 heavy (non-hydrogen) atoms. The van der Waals surface area contributed by atoms with Gasteiger partial charge in [-0.15, -0.1) is 0 Å². The Kier molecular flexibility index (Phi) is 3.47. The standard InChI is InChI=1S/C12H15NO3S/c1-9-3-2-4-10(11(9)14)12(15)13-5-7-17(16)8-6-13/h2-4,14H,5-8H2,1H3. The highest BCUT2D eigenvalue weighted by Crippen LogP contribution is 2.23. The molecule has 0 unspecified atom stereocenters. The van der Waals surface area contributed by atoms with Gasteiger partial charge in [0.25, 0.3) is 5.91 Å². The summed E-state index contributed by atoms with van der Waals surface area (Å²) in [4.78, 5) is 13.8. The van der Waals surface area contributed by atoms with E-state index >= 15 is 0 Å². The molecule has 1 heterocycles. The molecule has 0 radical (unpaired) electrons. The van der Waals surface area contributed by atoms with Gasteiger partial charge in [0.05, 0.1) is 5.56 Å². The fourth-order valence-electron chi connectivity index (χ4n) is 1.84. The Morgan fingerprint density at radius 1 is 1.35 bits per heavy atom. The second-order valence-corrected chi connectivity index (χ2v) is 5.81. The van der Waals surface area contributed by atoms with E-state index in [0.29, 0.717) is 35.7 Å². The van der Waals surface area contributed by atoms with E-state index in [2.05, 4.69) is 0 Å². The van der Waals surface area contributed by atoms with Gasteiger partial charge in [-0.1, -0.05) is 12.1 Å². The van der Waals surface area contributed by atoms with Gasteiger partial charge in [-0.2, -0.15) is 0 Å². The third-order valence-corrected chi connectivity index (χ3v) is 4.21. The number of amides is 1. The van der Waals surface area contributed by atoms with Crippen molar-refractivity contribution in [2.75, 3.05) is 24.6 Å². The van der Waals surface area contributed by atoms with Crippen LogP contribution in [0.2, 0.25) is 0 Å². The average molecular weight is 253 g/mol. The Hall–Kier alpha value is -1.36. The van der Waals surface area contributed by atoms with Crippen molar-refractivity contribution >= 4 is 16.7 Å². The molecule has 0 atom stereocenters. The molecule has 0 bridgehead atoms. The molecule has 0 aromatic heterocycles. The van der Waals surface area contributed by atoms with Crippen LogP contribution >= 0.6 is 0 Å². The van der Waals surface area contributed by atoms with Crippen LogP contribution in [0.3, 0.4) is 0 Å². The van der Waals surface area contributed by atoms with Crippen molar-refractivity contribution in [2.24, 2.45) is 0 Å². The normalized spacial score (nSPS) is 17.1. The molecule has 0 spiro atoms. The number of phenolic OH excluding ortho intramolecular Hbond substituents is 1. The fraction of sp³-hybridized carbons (Fsp3) is 0.417. The molecule has 2 rings (SSSR count). The number of para-hydroxylation sites is 1. The summed E-state index contributed by atoms with van der Waals surface area (Å²) >= 11 is 0. The molecule has 1 aromatic carbocycles. The number of rotatable bonds is 1. The number of hydrogen-bond acceptors (Lipinski definition) is 3. The summed E-state index contributed by atoms with van der Waals surface area (Å²) in [6.45, 7) is 2.76. The third kappa shape index (κ3) is 2.49. The second-order valence-electron chi connectivity index (χ2n) is 4.11. The van der Waals surface area contributed by atoms with Crippen LogP contribution in [0.4, 0.5) is 0 Å². The second kappa shape index (κ2) is 4.87.